The first-order valence-electron chi connectivity index (χ1n) is 6.34. The standard InChI is InChI=1S/C14H20N2O2/c1-18-14(17)12-6-4-11(5-7-12)9-16-8-2-3-13(15)10-16/h4-7,13H,2-3,8-10,15H2,1H3/t13-/m1/s1. The van der Waals surface area contributed by atoms with Crippen LogP contribution in [0.2, 0.25) is 0 Å². The molecule has 1 saturated heterocycles. The zero-order valence-electron chi connectivity index (χ0n) is 10.8. The monoisotopic (exact) mass is 248 g/mol. The van der Waals surface area contributed by atoms with Crippen LogP contribution in [0.5, 0.6) is 0 Å². The Bertz CT molecular complexity index is 403. The summed E-state index contributed by atoms with van der Waals surface area (Å²) in [5.74, 6) is -0.290. The van der Waals surface area contributed by atoms with Crippen molar-refractivity contribution in [1.29, 1.82) is 0 Å². The van der Waals surface area contributed by atoms with Gasteiger partial charge in [0, 0.05) is 19.1 Å². The van der Waals surface area contributed by atoms with Gasteiger partial charge in [0.1, 0.15) is 0 Å². The lowest BCUT2D eigenvalue weighted by Crippen LogP contribution is -2.42. The normalized spacial score (nSPS) is 20.7. The van der Waals surface area contributed by atoms with Gasteiger partial charge in [0.15, 0.2) is 0 Å². The van der Waals surface area contributed by atoms with Gasteiger partial charge in [0.25, 0.3) is 0 Å². The number of rotatable bonds is 3. The summed E-state index contributed by atoms with van der Waals surface area (Å²) in [5, 5.41) is 0. The summed E-state index contributed by atoms with van der Waals surface area (Å²) in [6.45, 7) is 2.96. The number of methoxy groups -OCH3 is 1. The van der Waals surface area contributed by atoms with Gasteiger partial charge in [-0.1, -0.05) is 12.1 Å². The van der Waals surface area contributed by atoms with E-state index in [4.69, 9.17) is 5.73 Å². The van der Waals surface area contributed by atoms with Gasteiger partial charge in [0.05, 0.1) is 12.7 Å². The highest BCUT2D eigenvalue weighted by Gasteiger charge is 2.16. The van der Waals surface area contributed by atoms with Crippen molar-refractivity contribution in [3.63, 3.8) is 0 Å². The van der Waals surface area contributed by atoms with Crippen molar-refractivity contribution in [1.82, 2.24) is 4.90 Å². The van der Waals surface area contributed by atoms with Gasteiger partial charge in [-0.3, -0.25) is 4.90 Å². The maximum Gasteiger partial charge on any atom is 0.337 e. The molecule has 1 aromatic rings. The molecule has 0 aliphatic carbocycles. The third kappa shape index (κ3) is 3.31. The minimum absolute atomic E-state index is 0.290. The van der Waals surface area contributed by atoms with Crippen molar-refractivity contribution in [2.45, 2.75) is 25.4 Å². The SMILES string of the molecule is COC(=O)c1ccc(CN2CCC[C@@H](N)C2)cc1. The summed E-state index contributed by atoms with van der Waals surface area (Å²) in [7, 11) is 1.39. The summed E-state index contributed by atoms with van der Waals surface area (Å²) in [4.78, 5) is 13.7. The highest BCUT2D eigenvalue weighted by atomic mass is 16.5. The number of carbonyl (C=O) groups is 1. The van der Waals surface area contributed by atoms with Gasteiger partial charge in [-0.05, 0) is 37.1 Å². The smallest absolute Gasteiger partial charge is 0.337 e. The minimum atomic E-state index is -0.290. The Morgan fingerprint density at radius 3 is 2.78 bits per heavy atom. The van der Waals surface area contributed by atoms with Crippen LogP contribution in [0.15, 0.2) is 24.3 Å². The number of piperidine rings is 1. The Balaban J connectivity index is 1.95. The van der Waals surface area contributed by atoms with Gasteiger partial charge < -0.3 is 10.5 Å². The molecule has 1 heterocycles. The number of likely N-dealkylation sites (tertiary alicyclic amines) is 1. The van der Waals surface area contributed by atoms with E-state index in [0.29, 0.717) is 11.6 Å². The number of esters is 1. The Labute approximate surface area is 108 Å². The first-order valence-corrected chi connectivity index (χ1v) is 6.34. The van der Waals surface area contributed by atoms with Crippen LogP contribution < -0.4 is 5.73 Å². The van der Waals surface area contributed by atoms with Crippen LogP contribution in [0.3, 0.4) is 0 Å². The molecule has 0 spiro atoms. The molecule has 0 radical (unpaired) electrons. The zero-order valence-corrected chi connectivity index (χ0v) is 10.8. The number of benzene rings is 1. The number of hydrogen-bond donors (Lipinski definition) is 1. The topological polar surface area (TPSA) is 55.6 Å². The molecule has 0 bridgehead atoms. The molecule has 1 aliphatic heterocycles. The number of nitrogens with zero attached hydrogens (tertiary/aromatic N) is 1. The summed E-state index contributed by atoms with van der Waals surface area (Å²) < 4.78 is 4.67. The second-order valence-corrected chi connectivity index (χ2v) is 4.83. The molecule has 0 aromatic heterocycles. The summed E-state index contributed by atoms with van der Waals surface area (Å²) in [6.07, 6.45) is 2.29. The fourth-order valence-electron chi connectivity index (χ4n) is 2.36. The fraction of sp³-hybridized carbons (Fsp3) is 0.500. The molecular formula is C14H20N2O2. The first kappa shape index (κ1) is 13.1. The van der Waals surface area contributed by atoms with Crippen LogP contribution in [0.25, 0.3) is 0 Å². The van der Waals surface area contributed by atoms with Crippen LogP contribution in [0.4, 0.5) is 0 Å². The third-order valence-corrected chi connectivity index (χ3v) is 3.32. The van der Waals surface area contributed by atoms with Crippen molar-refractivity contribution in [2.75, 3.05) is 20.2 Å². The zero-order chi connectivity index (χ0) is 13.0. The average Bonchev–Trinajstić information content (AvgIpc) is 2.39. The molecule has 1 fully saturated rings. The van der Waals surface area contributed by atoms with E-state index in [1.807, 2.05) is 24.3 Å². The van der Waals surface area contributed by atoms with E-state index in [-0.39, 0.29) is 5.97 Å². The Kier molecular flexibility index (Phi) is 4.33. The van der Waals surface area contributed by atoms with E-state index >= 15 is 0 Å². The molecule has 2 rings (SSSR count). The van der Waals surface area contributed by atoms with E-state index in [0.717, 1.165) is 26.1 Å². The molecule has 2 N–H and O–H groups in total. The number of ether oxygens (including phenoxy) is 1. The van der Waals surface area contributed by atoms with Gasteiger partial charge in [-0.15, -0.1) is 0 Å². The van der Waals surface area contributed by atoms with E-state index in [2.05, 4.69) is 9.64 Å². The Morgan fingerprint density at radius 2 is 2.17 bits per heavy atom. The largest absolute Gasteiger partial charge is 0.465 e. The molecule has 4 heteroatoms. The van der Waals surface area contributed by atoms with Gasteiger partial charge in [-0.25, -0.2) is 4.79 Å². The number of hydrogen-bond acceptors (Lipinski definition) is 4. The van der Waals surface area contributed by atoms with Crippen molar-refractivity contribution in [3.8, 4) is 0 Å². The molecule has 1 aromatic carbocycles. The van der Waals surface area contributed by atoms with Gasteiger partial charge in [-0.2, -0.15) is 0 Å². The lowest BCUT2D eigenvalue weighted by atomic mass is 10.1. The average molecular weight is 248 g/mol. The van der Waals surface area contributed by atoms with Gasteiger partial charge >= 0.3 is 5.97 Å². The summed E-state index contributed by atoms with van der Waals surface area (Å²) in [6, 6.07) is 7.88. The molecule has 1 atom stereocenters. The Hall–Kier alpha value is -1.39. The van der Waals surface area contributed by atoms with Crippen molar-refractivity contribution in [2.24, 2.45) is 5.73 Å². The van der Waals surface area contributed by atoms with Crippen LogP contribution in [-0.4, -0.2) is 37.1 Å². The highest BCUT2D eigenvalue weighted by Crippen LogP contribution is 2.13. The molecule has 4 nitrogen and oxygen atoms in total. The third-order valence-electron chi connectivity index (χ3n) is 3.32. The molecule has 0 amide bonds. The van der Waals surface area contributed by atoms with Crippen LogP contribution in [0.1, 0.15) is 28.8 Å². The van der Waals surface area contributed by atoms with Gasteiger partial charge in [0.2, 0.25) is 0 Å². The molecule has 0 saturated carbocycles. The van der Waals surface area contributed by atoms with E-state index in [1.54, 1.807) is 0 Å². The molecule has 98 valence electrons. The molecular weight excluding hydrogens is 228 g/mol. The fourth-order valence-corrected chi connectivity index (χ4v) is 2.36. The first-order chi connectivity index (χ1) is 8.69. The van der Waals surface area contributed by atoms with Crippen LogP contribution in [0, 0.1) is 0 Å². The number of carbonyl (C=O) groups excluding carboxylic acids is 1. The molecule has 18 heavy (non-hydrogen) atoms. The molecule has 1 aliphatic rings. The van der Waals surface area contributed by atoms with Crippen molar-refractivity contribution >= 4 is 5.97 Å². The Morgan fingerprint density at radius 1 is 1.44 bits per heavy atom. The predicted octanol–water partition coefficient (Wildman–Crippen LogP) is 1.40. The number of nitrogens with two attached hydrogens (primary N) is 1. The quantitative estimate of drug-likeness (QED) is 0.821. The van der Waals surface area contributed by atoms with Crippen molar-refractivity contribution < 1.29 is 9.53 Å². The maximum absolute atomic E-state index is 11.3. The van der Waals surface area contributed by atoms with Crippen LogP contribution in [-0.2, 0) is 11.3 Å². The molecule has 0 unspecified atom stereocenters. The highest BCUT2D eigenvalue weighted by molar-refractivity contribution is 5.89. The predicted molar refractivity (Wildman–Crippen MR) is 70.3 cm³/mol. The second-order valence-electron chi connectivity index (χ2n) is 4.83. The van der Waals surface area contributed by atoms with Crippen molar-refractivity contribution in [3.05, 3.63) is 35.4 Å². The van der Waals surface area contributed by atoms with Crippen LogP contribution >= 0.6 is 0 Å². The summed E-state index contributed by atoms with van der Waals surface area (Å²) >= 11 is 0. The van der Waals surface area contributed by atoms with E-state index < -0.39 is 0 Å². The maximum atomic E-state index is 11.3. The second kappa shape index (κ2) is 5.98. The lowest BCUT2D eigenvalue weighted by molar-refractivity contribution is 0.0600. The van der Waals surface area contributed by atoms with E-state index in [1.165, 1.54) is 19.1 Å². The van der Waals surface area contributed by atoms with E-state index in [9.17, 15) is 4.79 Å². The summed E-state index contributed by atoms with van der Waals surface area (Å²) in [5.41, 5.74) is 7.76. The lowest BCUT2D eigenvalue weighted by Gasteiger charge is -2.30. The minimum Gasteiger partial charge on any atom is -0.465 e.